The topological polar surface area (TPSA) is 257 Å². The summed E-state index contributed by atoms with van der Waals surface area (Å²) in [6, 6.07) is 5.50. The van der Waals surface area contributed by atoms with Crippen molar-refractivity contribution in [3.05, 3.63) is 10.6 Å². The van der Waals surface area contributed by atoms with Crippen LogP contribution in [0.1, 0.15) is 118 Å². The Kier molecular flexibility index (Phi) is 69.0. The van der Waals surface area contributed by atoms with Crippen LogP contribution in [0.5, 0.6) is 0 Å². The Hall–Kier alpha value is 1.58. The summed E-state index contributed by atoms with van der Waals surface area (Å²) in [6.45, 7) is 22.1. The molecule has 0 radical (unpaired) electrons. The van der Waals surface area contributed by atoms with Gasteiger partial charge in [0.25, 0.3) is 17.0 Å². The first kappa shape index (κ1) is 99.2. The molecule has 528 valence electrons. The molecule has 0 aliphatic carbocycles. The Morgan fingerprint density at radius 1 is 0.427 bits per heavy atom. The molecule has 2 heterocycles. The van der Waals surface area contributed by atoms with E-state index in [9.17, 15) is 20.4 Å². The zero-order valence-electron chi connectivity index (χ0n) is 61.1. The molecule has 31 heteroatoms. The summed E-state index contributed by atoms with van der Waals surface area (Å²) < 4.78 is 80.0. The molecule has 0 amide bonds. The standard InChI is InChI=1S/C12H30NO5Si2.C12H27NO2.C12H26NO2.C11H27NO5Si2.C11H27NO4Si2.2Li/c1-16-20(17-2,18-3)10-6-8-13-7-5-9-19(4,11-14)12-15;2*1-11(14-3)7-5-9-13-10-6-8-12(2)15-4;1-14-18(11-13)9-5-7-12(18)8-6-10-19(15-2,16-3)17-4;1-14-17(4,15-2)9-5-7-12-8-6-10-18(12,11-13)16-3;;/h14-15H,5-12H2,1-4H3;11-13H,5-10H2,1-4H3;11-12H,5-10H2,1-4H3;13H,5-11H2,1-4H3;13H,5-11H2,1-4H3;;/q-1;;-1;;;2*+1. The summed E-state index contributed by atoms with van der Waals surface area (Å²) in [6.07, 6.45) is 17.4. The van der Waals surface area contributed by atoms with Crippen LogP contribution in [0.2, 0.25) is 49.4 Å². The van der Waals surface area contributed by atoms with Crippen LogP contribution in [0, 0.1) is 0 Å². The Labute approximate surface area is 575 Å². The van der Waals surface area contributed by atoms with Crippen molar-refractivity contribution in [3.8, 4) is 0 Å². The van der Waals surface area contributed by atoms with Crippen LogP contribution in [-0.2, 0) is 63.2 Å². The summed E-state index contributed by atoms with van der Waals surface area (Å²) in [5.74, 6) is 0. The third kappa shape index (κ3) is 45.0. The van der Waals surface area contributed by atoms with Crippen LogP contribution in [0.15, 0.2) is 0 Å². The van der Waals surface area contributed by atoms with Gasteiger partial charge >= 0.3 is 63.9 Å². The summed E-state index contributed by atoms with van der Waals surface area (Å²) in [7, 11) is 11.0. The van der Waals surface area contributed by atoms with Crippen molar-refractivity contribution in [2.45, 2.75) is 191 Å². The molecule has 0 saturated carbocycles. The largest absolute Gasteiger partial charge is 1.00 e. The van der Waals surface area contributed by atoms with Gasteiger partial charge in [-0.3, -0.25) is 0 Å². The summed E-state index contributed by atoms with van der Waals surface area (Å²) >= 11 is 0. The van der Waals surface area contributed by atoms with Crippen molar-refractivity contribution >= 4 is 51.2 Å². The zero-order chi connectivity index (χ0) is 66.5. The predicted octanol–water partition coefficient (Wildman–Crippen LogP) is 2.01. The van der Waals surface area contributed by atoms with E-state index in [-0.39, 0.29) is 62.6 Å². The smallest absolute Gasteiger partial charge is 0.662 e. The molecule has 89 heavy (non-hydrogen) atoms. The average Bonchev–Trinajstić information content (AvgIpc) is 2.98. The van der Waals surface area contributed by atoms with Gasteiger partial charge in [0.15, 0.2) is 0 Å². The molecule has 23 nitrogen and oxygen atoms in total. The van der Waals surface area contributed by atoms with E-state index in [1.54, 1.807) is 99.5 Å². The van der Waals surface area contributed by atoms with Crippen LogP contribution >= 0.6 is 0 Å². The molecule has 0 aromatic rings. The number of aliphatic hydroxyl groups is 4. The molecule has 2 aliphatic rings. The minimum atomic E-state index is -2.47. The summed E-state index contributed by atoms with van der Waals surface area (Å²) in [4.78, 5) is 0. The van der Waals surface area contributed by atoms with E-state index in [1.807, 2.05) is 6.55 Å². The third-order valence-electron chi connectivity index (χ3n) is 17.1. The maximum absolute atomic E-state index is 9.61. The van der Waals surface area contributed by atoms with E-state index in [4.69, 9.17) is 63.2 Å². The number of ether oxygens (including phenoxy) is 4. The Morgan fingerprint density at radius 2 is 0.742 bits per heavy atom. The van der Waals surface area contributed by atoms with E-state index < -0.39 is 51.2 Å². The number of nitrogens with one attached hydrogen (secondary N) is 1. The maximum atomic E-state index is 9.61. The number of hydrogen-bond acceptors (Lipinski definition) is 21. The monoisotopic (exact) mass is 1370 g/mol. The predicted molar refractivity (Wildman–Crippen MR) is 366 cm³/mol. The molecule has 2 aliphatic heterocycles. The van der Waals surface area contributed by atoms with Crippen molar-refractivity contribution in [2.75, 3.05) is 190 Å². The van der Waals surface area contributed by atoms with Gasteiger partial charge in [0.2, 0.25) is 0 Å². The van der Waals surface area contributed by atoms with E-state index in [1.165, 1.54) is 12.8 Å². The van der Waals surface area contributed by atoms with Gasteiger partial charge in [0.1, 0.15) is 8.07 Å². The van der Waals surface area contributed by atoms with E-state index in [0.29, 0.717) is 24.4 Å². The molecule has 2 saturated heterocycles. The molecular weight excluding hydrogens is 1240 g/mol. The van der Waals surface area contributed by atoms with Gasteiger partial charge in [-0.2, -0.15) is 0 Å². The van der Waals surface area contributed by atoms with Crippen molar-refractivity contribution < 1.29 is 121 Å². The molecular formula is C58H137Li2N5O18Si6. The van der Waals surface area contributed by atoms with Crippen molar-refractivity contribution in [3.63, 3.8) is 0 Å². The molecule has 0 aromatic carbocycles. The Bertz CT molecular complexity index is 1430. The second-order valence-corrected chi connectivity index (χ2v) is 45.3. The van der Waals surface area contributed by atoms with Crippen LogP contribution in [0.4, 0.5) is 0 Å². The number of nitrogens with zero attached hydrogens (tertiary/aromatic N) is 4. The Balaban J connectivity index is -0.000000330. The van der Waals surface area contributed by atoms with Gasteiger partial charge in [-0.05, 0) is 156 Å². The number of rotatable bonds is 50. The maximum Gasteiger partial charge on any atom is 1.00 e. The van der Waals surface area contributed by atoms with Crippen molar-refractivity contribution in [2.24, 2.45) is 0 Å². The van der Waals surface area contributed by atoms with E-state index in [2.05, 4.69) is 59.3 Å². The SMILES string of the molecule is COC(C)CCCNCCCC(C)OC.COC(C)CCC[N-]CCCC(C)OC.CO[Si](C)(CCCN1CCC[Si]1(CO)OC)OC.CO[Si](CCCN1CCC[Si]1(CO)OC)(OC)OC.CO[Si](CCC[N-]CCC[Si](C)(CO)CO)(OC)OC.[Li+].[Li+]. The molecule has 6 atom stereocenters. The minimum Gasteiger partial charge on any atom is -0.662 e. The van der Waals surface area contributed by atoms with E-state index >= 15 is 0 Å². The molecule has 6 unspecified atom stereocenters. The van der Waals surface area contributed by atoms with Crippen molar-refractivity contribution in [1.29, 1.82) is 0 Å². The molecule has 0 bridgehead atoms. The van der Waals surface area contributed by atoms with Gasteiger partial charge < -0.3 is 109 Å². The first-order valence-corrected chi connectivity index (χ1v) is 46.2. The first-order valence-electron chi connectivity index (χ1n) is 32.1. The second-order valence-electron chi connectivity index (χ2n) is 23.3. The van der Waals surface area contributed by atoms with Gasteiger partial charge in [0.05, 0.1) is 36.9 Å². The molecule has 2 fully saturated rings. The normalized spacial score (nSPS) is 18.6. The summed E-state index contributed by atoms with van der Waals surface area (Å²) in [5.41, 5.74) is 0. The number of aliphatic hydroxyl groups excluding tert-OH is 4. The zero-order valence-corrected chi connectivity index (χ0v) is 67.1. The average molecular weight is 1380 g/mol. The Morgan fingerprint density at radius 3 is 1.04 bits per heavy atom. The third-order valence-corrected chi connectivity index (χ3v) is 36.9. The molecule has 2 rings (SSSR count). The van der Waals surface area contributed by atoms with Crippen LogP contribution in [-0.4, -0.2) is 295 Å². The fraction of sp³-hybridized carbons (Fsp3) is 1.00. The number of methoxy groups -OCH3 is 4. The fourth-order valence-electron chi connectivity index (χ4n) is 9.94. The number of hydrogen-bond donors (Lipinski definition) is 5. The van der Waals surface area contributed by atoms with Crippen molar-refractivity contribution in [1.82, 2.24) is 14.4 Å². The van der Waals surface area contributed by atoms with Crippen LogP contribution in [0.3, 0.4) is 0 Å². The van der Waals surface area contributed by atoms with Gasteiger partial charge in [-0.15, -0.1) is 26.2 Å². The van der Waals surface area contributed by atoms with E-state index in [0.717, 1.165) is 179 Å². The second kappa shape index (κ2) is 61.9. The quantitative estimate of drug-likeness (QED) is 0.0431. The van der Waals surface area contributed by atoms with Gasteiger partial charge in [0, 0.05) is 124 Å². The molecule has 0 spiro atoms. The fourth-order valence-corrected chi connectivity index (χ4v) is 22.4. The first-order chi connectivity index (χ1) is 41.6. The van der Waals surface area contributed by atoms with Gasteiger partial charge in [-0.25, -0.2) is 0 Å². The van der Waals surface area contributed by atoms with Crippen LogP contribution < -0.4 is 43.0 Å². The van der Waals surface area contributed by atoms with Crippen LogP contribution in [0.25, 0.3) is 10.6 Å². The summed E-state index contributed by atoms with van der Waals surface area (Å²) in [5, 5.41) is 50.0. The molecule has 0 aromatic heterocycles. The van der Waals surface area contributed by atoms with Gasteiger partial charge in [-0.1, -0.05) is 38.3 Å². The molecule has 5 N–H and O–H groups in total. The minimum absolute atomic E-state index is 0.